The number of nitrogens with one attached hydrogen (secondary N) is 1. The molecule has 0 aliphatic carbocycles. The molecule has 1 N–H and O–H groups in total. The molecule has 142 valence electrons. The average molecular weight is 366 g/mol. The summed E-state index contributed by atoms with van der Waals surface area (Å²) in [5.41, 5.74) is 2.27. The molecule has 1 heterocycles. The van der Waals surface area contributed by atoms with Crippen molar-refractivity contribution >= 4 is 17.5 Å². The molecule has 0 atom stereocenters. The molecule has 2 aromatic carbocycles. The molecule has 0 bridgehead atoms. The number of hydrogen-bond acceptors (Lipinski definition) is 3. The number of nitrogens with zero attached hydrogens (tertiary/aromatic N) is 1. The topological polar surface area (TPSA) is 58.6 Å². The number of likely N-dealkylation sites (tertiary alicyclic amines) is 1. The van der Waals surface area contributed by atoms with Gasteiger partial charge in [-0.1, -0.05) is 38.1 Å². The summed E-state index contributed by atoms with van der Waals surface area (Å²) in [6.45, 7) is 5.71. The van der Waals surface area contributed by atoms with Crippen molar-refractivity contribution in [2.75, 3.05) is 25.0 Å². The SMILES string of the molecule is CC(C)c1ccccc1OCC(=O)Nc1cccc(C(=O)N2CCCC2)c1. The van der Waals surface area contributed by atoms with Crippen LogP contribution in [-0.4, -0.2) is 36.4 Å². The number of ether oxygens (including phenoxy) is 1. The van der Waals surface area contributed by atoms with Gasteiger partial charge in [0.25, 0.3) is 11.8 Å². The number of carbonyl (C=O) groups excluding carboxylic acids is 2. The number of benzene rings is 2. The number of hydrogen-bond donors (Lipinski definition) is 1. The van der Waals surface area contributed by atoms with Crippen molar-refractivity contribution in [1.29, 1.82) is 0 Å². The fraction of sp³-hybridized carbons (Fsp3) is 0.364. The molecule has 0 saturated carbocycles. The Hall–Kier alpha value is -2.82. The lowest BCUT2D eigenvalue weighted by Crippen LogP contribution is -2.27. The lowest BCUT2D eigenvalue weighted by Gasteiger charge is -2.16. The highest BCUT2D eigenvalue weighted by Crippen LogP contribution is 2.25. The van der Waals surface area contributed by atoms with Gasteiger partial charge in [0, 0.05) is 24.3 Å². The van der Waals surface area contributed by atoms with Crippen molar-refractivity contribution in [3.05, 3.63) is 59.7 Å². The first-order chi connectivity index (χ1) is 13.0. The molecule has 2 aromatic rings. The zero-order chi connectivity index (χ0) is 19.2. The maximum atomic E-state index is 12.5. The predicted octanol–water partition coefficient (Wildman–Crippen LogP) is 4.06. The lowest BCUT2D eigenvalue weighted by molar-refractivity contribution is -0.118. The Morgan fingerprint density at radius 3 is 2.56 bits per heavy atom. The lowest BCUT2D eigenvalue weighted by atomic mass is 10.0. The first-order valence-corrected chi connectivity index (χ1v) is 9.45. The van der Waals surface area contributed by atoms with E-state index in [1.54, 1.807) is 24.3 Å². The van der Waals surface area contributed by atoms with Crippen LogP contribution in [0, 0.1) is 0 Å². The number of para-hydroxylation sites is 1. The summed E-state index contributed by atoms with van der Waals surface area (Å²) in [4.78, 5) is 26.6. The molecule has 0 unspecified atom stereocenters. The summed E-state index contributed by atoms with van der Waals surface area (Å²) >= 11 is 0. The molecule has 1 aliphatic rings. The Kier molecular flexibility index (Phi) is 6.12. The van der Waals surface area contributed by atoms with E-state index in [9.17, 15) is 9.59 Å². The fourth-order valence-corrected chi connectivity index (χ4v) is 3.26. The Morgan fingerprint density at radius 1 is 1.07 bits per heavy atom. The molecule has 1 saturated heterocycles. The van der Waals surface area contributed by atoms with E-state index < -0.39 is 0 Å². The molecular weight excluding hydrogens is 340 g/mol. The van der Waals surface area contributed by atoms with Gasteiger partial charge in [-0.15, -0.1) is 0 Å². The third-order valence-corrected chi connectivity index (χ3v) is 4.69. The van der Waals surface area contributed by atoms with Gasteiger partial charge >= 0.3 is 0 Å². The largest absolute Gasteiger partial charge is 0.483 e. The second kappa shape index (κ2) is 8.71. The molecule has 5 heteroatoms. The van der Waals surface area contributed by atoms with E-state index in [4.69, 9.17) is 4.74 Å². The summed E-state index contributed by atoms with van der Waals surface area (Å²) in [6.07, 6.45) is 2.11. The van der Waals surface area contributed by atoms with Crippen molar-refractivity contribution in [3.63, 3.8) is 0 Å². The first-order valence-electron chi connectivity index (χ1n) is 9.45. The number of anilines is 1. The first kappa shape index (κ1) is 19.0. The van der Waals surface area contributed by atoms with Gasteiger partial charge in [0.2, 0.25) is 0 Å². The Bertz CT molecular complexity index is 811. The maximum absolute atomic E-state index is 12.5. The predicted molar refractivity (Wildman–Crippen MR) is 106 cm³/mol. The zero-order valence-electron chi connectivity index (χ0n) is 15.9. The van der Waals surface area contributed by atoms with Crippen LogP contribution >= 0.6 is 0 Å². The van der Waals surface area contributed by atoms with Crippen molar-refractivity contribution in [1.82, 2.24) is 4.90 Å². The van der Waals surface area contributed by atoms with E-state index in [-0.39, 0.29) is 18.4 Å². The van der Waals surface area contributed by atoms with Gasteiger partial charge in [-0.05, 0) is 48.6 Å². The van der Waals surface area contributed by atoms with E-state index >= 15 is 0 Å². The van der Waals surface area contributed by atoms with Gasteiger partial charge in [-0.3, -0.25) is 9.59 Å². The molecule has 27 heavy (non-hydrogen) atoms. The van der Waals surface area contributed by atoms with Crippen LogP contribution in [-0.2, 0) is 4.79 Å². The number of amides is 2. The van der Waals surface area contributed by atoms with Crippen LogP contribution in [0.1, 0.15) is 48.5 Å². The maximum Gasteiger partial charge on any atom is 0.262 e. The van der Waals surface area contributed by atoms with Gasteiger partial charge < -0.3 is 15.0 Å². The van der Waals surface area contributed by atoms with Gasteiger partial charge in [-0.25, -0.2) is 0 Å². The monoisotopic (exact) mass is 366 g/mol. The Labute approximate surface area is 160 Å². The van der Waals surface area contributed by atoms with Gasteiger partial charge in [-0.2, -0.15) is 0 Å². The van der Waals surface area contributed by atoms with E-state index in [1.165, 1.54) is 0 Å². The van der Waals surface area contributed by atoms with Crippen LogP contribution in [0.4, 0.5) is 5.69 Å². The third kappa shape index (κ3) is 4.88. The van der Waals surface area contributed by atoms with Gasteiger partial charge in [0.1, 0.15) is 5.75 Å². The van der Waals surface area contributed by atoms with Crippen LogP contribution in [0.2, 0.25) is 0 Å². The zero-order valence-corrected chi connectivity index (χ0v) is 15.9. The standard InChI is InChI=1S/C22H26N2O3/c1-16(2)19-10-3-4-11-20(19)27-15-21(25)23-18-9-7-8-17(14-18)22(26)24-12-5-6-13-24/h3-4,7-11,14,16H,5-6,12-13,15H2,1-2H3,(H,23,25). The second-order valence-electron chi connectivity index (χ2n) is 7.11. The number of carbonyl (C=O) groups is 2. The Morgan fingerprint density at radius 2 is 1.81 bits per heavy atom. The minimum atomic E-state index is -0.251. The highest BCUT2D eigenvalue weighted by Gasteiger charge is 2.19. The van der Waals surface area contributed by atoms with Gasteiger partial charge in [0.15, 0.2) is 6.61 Å². The number of rotatable bonds is 6. The van der Waals surface area contributed by atoms with Gasteiger partial charge in [0.05, 0.1) is 0 Å². The van der Waals surface area contributed by atoms with Crippen molar-refractivity contribution in [3.8, 4) is 5.75 Å². The molecule has 2 amide bonds. The highest BCUT2D eigenvalue weighted by atomic mass is 16.5. The molecule has 0 radical (unpaired) electrons. The van der Waals surface area contributed by atoms with Crippen molar-refractivity contribution < 1.29 is 14.3 Å². The van der Waals surface area contributed by atoms with Crippen LogP contribution in [0.15, 0.2) is 48.5 Å². The van der Waals surface area contributed by atoms with E-state index in [0.29, 0.717) is 17.2 Å². The third-order valence-electron chi connectivity index (χ3n) is 4.69. The van der Waals surface area contributed by atoms with Crippen LogP contribution < -0.4 is 10.1 Å². The van der Waals surface area contributed by atoms with E-state index in [1.807, 2.05) is 29.2 Å². The highest BCUT2D eigenvalue weighted by molar-refractivity contribution is 5.97. The smallest absolute Gasteiger partial charge is 0.262 e. The summed E-state index contributed by atoms with van der Waals surface area (Å²) in [6, 6.07) is 14.8. The van der Waals surface area contributed by atoms with Crippen LogP contribution in [0.25, 0.3) is 0 Å². The minimum Gasteiger partial charge on any atom is -0.483 e. The molecule has 0 spiro atoms. The second-order valence-corrected chi connectivity index (χ2v) is 7.11. The normalized spacial score (nSPS) is 13.7. The summed E-state index contributed by atoms with van der Waals surface area (Å²) < 4.78 is 5.70. The van der Waals surface area contributed by atoms with Crippen LogP contribution in [0.5, 0.6) is 5.75 Å². The van der Waals surface area contributed by atoms with Crippen LogP contribution in [0.3, 0.4) is 0 Å². The minimum absolute atomic E-state index is 0.0192. The fourth-order valence-electron chi connectivity index (χ4n) is 3.26. The van der Waals surface area contributed by atoms with E-state index in [0.717, 1.165) is 37.2 Å². The quantitative estimate of drug-likeness (QED) is 0.839. The molecular formula is C22H26N2O3. The molecule has 3 rings (SSSR count). The summed E-state index contributed by atoms with van der Waals surface area (Å²) in [5.74, 6) is 0.809. The van der Waals surface area contributed by atoms with Crippen molar-refractivity contribution in [2.24, 2.45) is 0 Å². The molecule has 0 aromatic heterocycles. The Balaban J connectivity index is 1.60. The average Bonchev–Trinajstić information content (AvgIpc) is 3.21. The summed E-state index contributed by atoms with van der Waals surface area (Å²) in [7, 11) is 0. The van der Waals surface area contributed by atoms with Crippen molar-refractivity contribution in [2.45, 2.75) is 32.6 Å². The summed E-state index contributed by atoms with van der Waals surface area (Å²) in [5, 5.41) is 2.81. The molecule has 1 fully saturated rings. The molecule has 1 aliphatic heterocycles. The van der Waals surface area contributed by atoms with E-state index in [2.05, 4.69) is 19.2 Å². The molecule has 5 nitrogen and oxygen atoms in total.